The van der Waals surface area contributed by atoms with E-state index in [4.69, 9.17) is 0 Å². The third-order valence-electron chi connectivity index (χ3n) is 0. The molecule has 0 aliphatic rings. The minimum atomic E-state index is 0. The van der Waals surface area contributed by atoms with Gasteiger partial charge in [-0.05, 0) is 0 Å². The minimum absolute atomic E-state index is 0. The zero-order valence-electron chi connectivity index (χ0n) is 5.39. The summed E-state index contributed by atoms with van der Waals surface area (Å²) in [5.41, 5.74) is 0. The normalized spacial score (nSPS) is 0. The second-order valence-corrected chi connectivity index (χ2v) is 0. The van der Waals surface area contributed by atoms with Gasteiger partial charge in [-0.25, -0.2) is 0 Å². The van der Waals surface area contributed by atoms with E-state index in [2.05, 4.69) is 0 Å². The fourth-order valence-electron chi connectivity index (χ4n) is 0. The van der Waals surface area contributed by atoms with E-state index in [0.717, 1.165) is 0 Å². The Kier molecular flexibility index (Phi) is 1220. The van der Waals surface area contributed by atoms with Gasteiger partial charge >= 0.3 is 21.1 Å². The molecule has 0 unspecified atom stereocenters. The molecule has 0 bridgehead atoms. The van der Waals surface area contributed by atoms with Crippen LogP contribution in [-0.2, 0) is 74.8 Å². The predicted molar refractivity (Wildman–Crippen MR) is 25.7 cm³/mol. The molecule has 0 aliphatic carbocycles. The quantitative estimate of drug-likeness (QED) is 0.431. The van der Waals surface area contributed by atoms with Crippen molar-refractivity contribution in [3.8, 4) is 0 Å². The number of hydrogen-bond acceptors (Lipinski definition) is 0. The van der Waals surface area contributed by atoms with Crippen molar-refractivity contribution in [2.75, 3.05) is 0 Å². The van der Waals surface area contributed by atoms with Crippen molar-refractivity contribution in [2.24, 2.45) is 0 Å². The van der Waals surface area contributed by atoms with Crippen molar-refractivity contribution in [1.82, 2.24) is 0 Å². The Labute approximate surface area is 103 Å². The minimum Gasteiger partial charge on any atom is -0.358 e. The van der Waals surface area contributed by atoms with Crippen LogP contribution in [0, 0.1) is 29.7 Å². The summed E-state index contributed by atoms with van der Waals surface area (Å²) < 4.78 is 0. The van der Waals surface area contributed by atoms with Gasteiger partial charge in [0.2, 0.25) is 0 Å². The average molecular weight is 517 g/mol. The van der Waals surface area contributed by atoms with Gasteiger partial charge in [0.05, 0.1) is 0 Å². The topological polar surface area (TPSA) is 0 Å². The van der Waals surface area contributed by atoms with E-state index in [0.29, 0.717) is 0 Å². The van der Waals surface area contributed by atoms with Crippen LogP contribution in [0.2, 0.25) is 0 Å². The largest absolute Gasteiger partial charge is 2.00 e. The van der Waals surface area contributed by atoms with E-state index in [1.807, 2.05) is 0 Å². The van der Waals surface area contributed by atoms with E-state index in [9.17, 15) is 0 Å². The first-order chi connectivity index (χ1) is 0. The van der Waals surface area contributed by atoms with Gasteiger partial charge in [-0.2, -0.15) is 0 Å². The van der Waals surface area contributed by atoms with E-state index in [-0.39, 0.29) is 105 Å². The Morgan fingerprint density at radius 3 is 0.571 bits per heavy atom. The van der Waals surface area contributed by atoms with E-state index < -0.39 is 0 Å². The van der Waals surface area contributed by atoms with Gasteiger partial charge in [0.1, 0.15) is 0 Å². The third-order valence-corrected chi connectivity index (χ3v) is 0. The summed E-state index contributed by atoms with van der Waals surface area (Å²) >= 11 is 0. The van der Waals surface area contributed by atoms with E-state index >= 15 is 0 Å². The molecule has 1 radical (unpaired) electrons. The number of hydrogen-bond donors (Lipinski definition) is 0. The molecule has 45 valence electrons. The van der Waals surface area contributed by atoms with Gasteiger partial charge in [0, 0.05) is 53.8 Å². The number of rotatable bonds is 0. The molecule has 0 atom stereocenters. The second-order valence-electron chi connectivity index (χ2n) is 0. The SMILES string of the molecule is [CH3-].[CH3-].[CH3-].[CH3-].[W+2].[W].[Y]. The molecule has 0 aromatic rings. The molecule has 0 aromatic heterocycles. The summed E-state index contributed by atoms with van der Waals surface area (Å²) in [5, 5.41) is 0. The first kappa shape index (κ1) is 111. The standard InChI is InChI=1S/4CH3.2W.Y/h4*1H3;;;/q4*-1;;+2;. The van der Waals surface area contributed by atoms with Crippen molar-refractivity contribution in [2.45, 2.75) is 0 Å². The van der Waals surface area contributed by atoms with Crippen LogP contribution in [0.15, 0.2) is 0 Å². The van der Waals surface area contributed by atoms with Crippen LogP contribution >= 0.6 is 0 Å². The molecule has 0 rings (SSSR count). The Morgan fingerprint density at radius 1 is 0.571 bits per heavy atom. The molecule has 0 nitrogen and oxygen atoms in total. The molecular formula is C4H12W2Y-2. The van der Waals surface area contributed by atoms with Crippen LogP contribution in [-0.4, -0.2) is 0 Å². The Hall–Kier alpha value is 2.48. The van der Waals surface area contributed by atoms with Gasteiger partial charge in [-0.1, -0.05) is 0 Å². The van der Waals surface area contributed by atoms with Gasteiger partial charge < -0.3 is 29.7 Å². The van der Waals surface area contributed by atoms with Crippen LogP contribution in [0.3, 0.4) is 0 Å². The van der Waals surface area contributed by atoms with Crippen molar-refractivity contribution in [3.63, 3.8) is 0 Å². The van der Waals surface area contributed by atoms with Crippen molar-refractivity contribution in [1.29, 1.82) is 0 Å². The molecule has 0 aromatic carbocycles. The summed E-state index contributed by atoms with van der Waals surface area (Å²) in [6.45, 7) is 0. The molecule has 0 saturated heterocycles. The maximum atomic E-state index is 0. The molecule has 0 aliphatic heterocycles. The third kappa shape index (κ3) is 57.9. The fourth-order valence-corrected chi connectivity index (χ4v) is 0. The smallest absolute Gasteiger partial charge is 0.358 e. The molecule has 0 spiro atoms. The molecule has 0 amide bonds. The Morgan fingerprint density at radius 2 is 0.571 bits per heavy atom. The first-order valence-electron chi connectivity index (χ1n) is 0. The molecule has 0 N–H and O–H groups in total. The zero-order valence-corrected chi connectivity index (χ0v) is 14.1. The fraction of sp³-hybridized carbons (Fsp3) is 0. The summed E-state index contributed by atoms with van der Waals surface area (Å²) in [5.74, 6) is 0. The van der Waals surface area contributed by atoms with E-state index in [1.54, 1.807) is 0 Å². The Balaban J connectivity index is 0. The summed E-state index contributed by atoms with van der Waals surface area (Å²) in [7, 11) is 0. The molecule has 7 heavy (non-hydrogen) atoms. The van der Waals surface area contributed by atoms with Crippen LogP contribution in [0.5, 0.6) is 0 Å². The van der Waals surface area contributed by atoms with Gasteiger partial charge in [0.25, 0.3) is 0 Å². The van der Waals surface area contributed by atoms with Crippen molar-refractivity contribution in [3.05, 3.63) is 29.7 Å². The van der Waals surface area contributed by atoms with Gasteiger partial charge in [0.15, 0.2) is 0 Å². The average Bonchev–Trinajstić information content (AvgIpc) is 0. The van der Waals surface area contributed by atoms with Gasteiger partial charge in [-0.15, -0.1) is 0 Å². The van der Waals surface area contributed by atoms with Gasteiger partial charge in [-0.3, -0.25) is 0 Å². The monoisotopic (exact) mass is 517 g/mol. The van der Waals surface area contributed by atoms with E-state index in [1.165, 1.54) is 0 Å². The molecule has 0 fully saturated rings. The molecule has 3 heteroatoms. The molecular weight excluding hydrogens is 505 g/mol. The van der Waals surface area contributed by atoms with Crippen LogP contribution in [0.25, 0.3) is 0 Å². The molecule has 0 heterocycles. The maximum Gasteiger partial charge on any atom is 2.00 e. The van der Waals surface area contributed by atoms with Crippen LogP contribution in [0.1, 0.15) is 0 Å². The summed E-state index contributed by atoms with van der Waals surface area (Å²) in [6, 6.07) is 0. The Bertz CT molecular complexity index is 9.65. The zero-order chi connectivity index (χ0) is 0. The second kappa shape index (κ2) is 77.1. The maximum absolute atomic E-state index is 0. The van der Waals surface area contributed by atoms with Crippen LogP contribution < -0.4 is 0 Å². The van der Waals surface area contributed by atoms with Crippen LogP contribution in [0.4, 0.5) is 0 Å². The summed E-state index contributed by atoms with van der Waals surface area (Å²) in [4.78, 5) is 0. The first-order valence-corrected chi connectivity index (χ1v) is 0. The predicted octanol–water partition coefficient (Wildman–Crippen LogP) is 1.79. The van der Waals surface area contributed by atoms with Crippen molar-refractivity contribution < 1.29 is 74.8 Å². The molecule has 0 saturated carbocycles. The van der Waals surface area contributed by atoms with Crippen molar-refractivity contribution >= 4 is 0 Å². The summed E-state index contributed by atoms with van der Waals surface area (Å²) in [6.07, 6.45) is 0.